The molecule has 0 fully saturated rings. The highest BCUT2D eigenvalue weighted by atomic mass is 127. The molecule has 0 heterocycles. The summed E-state index contributed by atoms with van der Waals surface area (Å²) in [5.41, 5.74) is 2.90. The van der Waals surface area contributed by atoms with E-state index in [1.807, 2.05) is 0 Å². The van der Waals surface area contributed by atoms with Crippen LogP contribution in [0.1, 0.15) is 24.5 Å². The molecule has 0 N–H and O–H groups in total. The van der Waals surface area contributed by atoms with Gasteiger partial charge in [-0.05, 0) is 53.0 Å². The van der Waals surface area contributed by atoms with E-state index in [2.05, 4.69) is 47.7 Å². The molecule has 0 saturated carbocycles. The molecule has 1 rings (SSSR count). The number of benzene rings is 1. The van der Waals surface area contributed by atoms with Crippen LogP contribution in [0.15, 0.2) is 18.2 Å². The molecular formula is C11H14ClI. The van der Waals surface area contributed by atoms with Crippen molar-refractivity contribution in [3.8, 4) is 0 Å². The zero-order chi connectivity index (χ0) is 9.68. The summed E-state index contributed by atoms with van der Waals surface area (Å²) in [6, 6.07) is 6.55. The monoisotopic (exact) mass is 308 g/mol. The first-order valence-electron chi connectivity index (χ1n) is 4.61. The van der Waals surface area contributed by atoms with Gasteiger partial charge < -0.3 is 0 Å². The van der Waals surface area contributed by atoms with Crippen LogP contribution < -0.4 is 0 Å². The third-order valence-corrected chi connectivity index (χ3v) is 3.77. The Hall–Kier alpha value is 0.240. The van der Waals surface area contributed by atoms with Gasteiger partial charge in [-0.3, -0.25) is 0 Å². The quantitative estimate of drug-likeness (QED) is 0.582. The molecule has 0 aliphatic heterocycles. The van der Waals surface area contributed by atoms with Gasteiger partial charge in [0.2, 0.25) is 0 Å². The van der Waals surface area contributed by atoms with Crippen LogP contribution in [0.5, 0.6) is 0 Å². The number of alkyl halides is 1. The van der Waals surface area contributed by atoms with Crippen molar-refractivity contribution >= 4 is 34.2 Å². The molecule has 0 bridgehead atoms. The molecule has 0 nitrogen and oxygen atoms in total. The van der Waals surface area contributed by atoms with Gasteiger partial charge in [-0.25, -0.2) is 0 Å². The van der Waals surface area contributed by atoms with Crippen molar-refractivity contribution in [1.29, 1.82) is 0 Å². The molecule has 0 unspecified atom stereocenters. The topological polar surface area (TPSA) is 0 Å². The molecule has 0 spiro atoms. The Morgan fingerprint density at radius 2 is 2.00 bits per heavy atom. The standard InChI is InChI=1S/C11H14ClI/c1-2-9-5-3-6-10(11(9)13)7-4-8-12/h3,5-6H,2,4,7-8H2,1H3. The normalized spacial score (nSPS) is 10.4. The minimum atomic E-state index is 0.756. The first-order chi connectivity index (χ1) is 6.29. The third kappa shape index (κ3) is 3.13. The predicted octanol–water partition coefficient (Wildman–Crippen LogP) is 4.03. The average molecular weight is 309 g/mol. The van der Waals surface area contributed by atoms with Gasteiger partial charge in [-0.2, -0.15) is 0 Å². The van der Waals surface area contributed by atoms with Gasteiger partial charge in [0.05, 0.1) is 0 Å². The lowest BCUT2D eigenvalue weighted by Crippen LogP contribution is -1.94. The smallest absolute Gasteiger partial charge is 0.0226 e. The summed E-state index contributed by atoms with van der Waals surface area (Å²) in [5, 5.41) is 0. The number of aryl methyl sites for hydroxylation is 2. The highest BCUT2D eigenvalue weighted by molar-refractivity contribution is 14.1. The lowest BCUT2D eigenvalue weighted by Gasteiger charge is -2.07. The molecule has 0 atom stereocenters. The van der Waals surface area contributed by atoms with E-state index in [0.29, 0.717) is 0 Å². The van der Waals surface area contributed by atoms with Gasteiger partial charge in [0.1, 0.15) is 0 Å². The van der Waals surface area contributed by atoms with E-state index < -0.39 is 0 Å². The summed E-state index contributed by atoms with van der Waals surface area (Å²) < 4.78 is 1.42. The van der Waals surface area contributed by atoms with Gasteiger partial charge in [0, 0.05) is 9.45 Å². The summed E-state index contributed by atoms with van der Waals surface area (Å²) in [7, 11) is 0. The molecule has 1 aromatic carbocycles. The fourth-order valence-corrected chi connectivity index (χ4v) is 2.50. The van der Waals surface area contributed by atoms with E-state index >= 15 is 0 Å². The lowest BCUT2D eigenvalue weighted by molar-refractivity contribution is 0.916. The van der Waals surface area contributed by atoms with E-state index in [-0.39, 0.29) is 0 Å². The highest BCUT2D eigenvalue weighted by Gasteiger charge is 2.02. The Morgan fingerprint density at radius 1 is 1.31 bits per heavy atom. The van der Waals surface area contributed by atoms with Crippen LogP contribution in [0.25, 0.3) is 0 Å². The maximum absolute atomic E-state index is 5.67. The molecule has 0 saturated heterocycles. The molecule has 1 aromatic rings. The van der Waals surface area contributed by atoms with Crippen molar-refractivity contribution in [2.75, 3.05) is 5.88 Å². The fraction of sp³-hybridized carbons (Fsp3) is 0.455. The lowest BCUT2D eigenvalue weighted by atomic mass is 10.1. The van der Waals surface area contributed by atoms with Crippen molar-refractivity contribution < 1.29 is 0 Å². The largest absolute Gasteiger partial charge is 0.127 e. The number of halogens is 2. The van der Waals surface area contributed by atoms with Crippen molar-refractivity contribution in [3.63, 3.8) is 0 Å². The summed E-state index contributed by atoms with van der Waals surface area (Å²) >= 11 is 8.11. The molecule has 0 radical (unpaired) electrons. The Kier molecular flexibility index (Phi) is 5.10. The molecule has 72 valence electrons. The average Bonchev–Trinajstić information content (AvgIpc) is 2.16. The SMILES string of the molecule is CCc1cccc(CCCCl)c1I. The zero-order valence-corrected chi connectivity index (χ0v) is 10.7. The summed E-state index contributed by atoms with van der Waals surface area (Å²) in [6.07, 6.45) is 3.30. The Balaban J connectivity index is 2.81. The number of rotatable bonds is 4. The van der Waals surface area contributed by atoms with Gasteiger partial charge in [0.25, 0.3) is 0 Å². The molecule has 0 aliphatic carbocycles. The molecule has 0 aliphatic rings. The highest BCUT2D eigenvalue weighted by Crippen LogP contribution is 2.19. The van der Waals surface area contributed by atoms with Crippen LogP contribution in [0.4, 0.5) is 0 Å². The minimum absolute atomic E-state index is 0.756. The van der Waals surface area contributed by atoms with Crippen molar-refractivity contribution in [2.45, 2.75) is 26.2 Å². The second-order valence-electron chi connectivity index (χ2n) is 3.04. The predicted molar refractivity (Wildman–Crippen MR) is 67.6 cm³/mol. The number of hydrogen-bond donors (Lipinski definition) is 0. The zero-order valence-electron chi connectivity index (χ0n) is 7.82. The number of hydrogen-bond acceptors (Lipinski definition) is 0. The fourth-order valence-electron chi connectivity index (χ4n) is 1.36. The van der Waals surface area contributed by atoms with Gasteiger partial charge in [0.15, 0.2) is 0 Å². The first kappa shape index (κ1) is 11.3. The van der Waals surface area contributed by atoms with Crippen molar-refractivity contribution in [2.24, 2.45) is 0 Å². The molecule has 13 heavy (non-hydrogen) atoms. The molecule has 0 aromatic heterocycles. The summed E-state index contributed by atoms with van der Waals surface area (Å²) in [6.45, 7) is 2.20. The Labute approximate surface area is 98.8 Å². The second kappa shape index (κ2) is 5.86. The minimum Gasteiger partial charge on any atom is -0.127 e. The maximum Gasteiger partial charge on any atom is 0.0226 e. The molecular weight excluding hydrogens is 294 g/mol. The first-order valence-corrected chi connectivity index (χ1v) is 6.23. The van der Waals surface area contributed by atoms with Crippen LogP contribution in [0.2, 0.25) is 0 Å². The van der Waals surface area contributed by atoms with Crippen LogP contribution in [0.3, 0.4) is 0 Å². The van der Waals surface area contributed by atoms with Gasteiger partial charge in [-0.15, -0.1) is 11.6 Å². The Bertz CT molecular complexity index is 271. The summed E-state index contributed by atoms with van der Waals surface area (Å²) in [4.78, 5) is 0. The van der Waals surface area contributed by atoms with E-state index in [0.717, 1.165) is 25.1 Å². The summed E-state index contributed by atoms with van der Waals surface area (Å²) in [5.74, 6) is 0.756. The van der Waals surface area contributed by atoms with Crippen molar-refractivity contribution in [1.82, 2.24) is 0 Å². The maximum atomic E-state index is 5.67. The van der Waals surface area contributed by atoms with Crippen molar-refractivity contribution in [3.05, 3.63) is 32.9 Å². The van der Waals surface area contributed by atoms with E-state index in [1.165, 1.54) is 14.7 Å². The molecule has 2 heteroatoms. The van der Waals surface area contributed by atoms with Gasteiger partial charge >= 0.3 is 0 Å². The van der Waals surface area contributed by atoms with E-state index in [9.17, 15) is 0 Å². The van der Waals surface area contributed by atoms with Crippen LogP contribution in [-0.4, -0.2) is 5.88 Å². The second-order valence-corrected chi connectivity index (χ2v) is 4.49. The third-order valence-electron chi connectivity index (χ3n) is 2.12. The van der Waals surface area contributed by atoms with E-state index in [4.69, 9.17) is 11.6 Å². The van der Waals surface area contributed by atoms with Crippen LogP contribution in [-0.2, 0) is 12.8 Å². The molecule has 0 amide bonds. The van der Waals surface area contributed by atoms with Crippen LogP contribution >= 0.6 is 34.2 Å². The van der Waals surface area contributed by atoms with Crippen LogP contribution in [0, 0.1) is 3.57 Å². The Morgan fingerprint density at radius 3 is 2.62 bits per heavy atom. The van der Waals surface area contributed by atoms with Gasteiger partial charge in [-0.1, -0.05) is 25.1 Å². The van der Waals surface area contributed by atoms with E-state index in [1.54, 1.807) is 0 Å².